The normalized spacial score (nSPS) is 19.0. The van der Waals surface area contributed by atoms with Gasteiger partial charge in [-0.3, -0.25) is 0 Å². The van der Waals surface area contributed by atoms with E-state index in [9.17, 15) is 0 Å². The molecule has 70 valence electrons. The molecular weight excluding hydrogens is 174 g/mol. The zero-order valence-electron chi connectivity index (χ0n) is 7.76. The molecule has 14 heavy (non-hydrogen) atoms. The van der Waals surface area contributed by atoms with Gasteiger partial charge in [0.1, 0.15) is 12.4 Å². The quantitative estimate of drug-likeness (QED) is 0.665. The third-order valence-corrected chi connectivity index (χ3v) is 2.66. The topological polar surface area (TPSA) is 14.2 Å². The lowest BCUT2D eigenvalue weighted by Crippen LogP contribution is -2.09. The van der Waals surface area contributed by atoms with Gasteiger partial charge in [-0.05, 0) is 18.2 Å². The molecule has 0 fully saturated rings. The van der Waals surface area contributed by atoms with Crippen LogP contribution in [0, 0.1) is 0 Å². The van der Waals surface area contributed by atoms with Gasteiger partial charge in [-0.15, -0.1) is 0 Å². The molecule has 1 atom stereocenters. The van der Waals surface area contributed by atoms with E-state index in [0.29, 0.717) is 6.04 Å². The maximum absolute atomic E-state index is 5.61. The van der Waals surface area contributed by atoms with Crippen LogP contribution in [0.5, 0.6) is 5.75 Å². The molecule has 1 aliphatic heterocycles. The Kier molecular flexibility index (Phi) is 1.60. The van der Waals surface area contributed by atoms with Gasteiger partial charge in [-0.25, -0.2) is 0 Å². The summed E-state index contributed by atoms with van der Waals surface area (Å²) in [6.45, 7) is 0.744. The molecule has 3 rings (SSSR count). The van der Waals surface area contributed by atoms with Crippen molar-refractivity contribution in [1.82, 2.24) is 4.57 Å². The second-order valence-corrected chi connectivity index (χ2v) is 3.49. The van der Waals surface area contributed by atoms with E-state index in [1.165, 1.54) is 5.56 Å². The lowest BCUT2D eigenvalue weighted by Gasteiger charge is -2.10. The summed E-state index contributed by atoms with van der Waals surface area (Å²) in [7, 11) is 0. The summed E-state index contributed by atoms with van der Waals surface area (Å²) in [6, 6.07) is 12.7. The minimum atomic E-state index is 0.348. The van der Waals surface area contributed by atoms with Gasteiger partial charge in [0.05, 0.1) is 6.04 Å². The molecule has 0 aliphatic carbocycles. The van der Waals surface area contributed by atoms with Gasteiger partial charge in [-0.1, -0.05) is 18.2 Å². The van der Waals surface area contributed by atoms with E-state index in [1.54, 1.807) is 0 Å². The van der Waals surface area contributed by atoms with Crippen molar-refractivity contribution in [2.24, 2.45) is 0 Å². The first-order valence-corrected chi connectivity index (χ1v) is 4.79. The molecule has 0 spiro atoms. The van der Waals surface area contributed by atoms with Crippen molar-refractivity contribution in [1.29, 1.82) is 0 Å². The number of hydrogen-bond donors (Lipinski definition) is 0. The number of ether oxygens (including phenoxy) is 1. The summed E-state index contributed by atoms with van der Waals surface area (Å²) < 4.78 is 7.80. The average Bonchev–Trinajstić information content (AvgIpc) is 2.85. The molecule has 1 unspecified atom stereocenters. The zero-order valence-corrected chi connectivity index (χ0v) is 7.76. The Morgan fingerprint density at radius 2 is 1.86 bits per heavy atom. The fourth-order valence-corrected chi connectivity index (χ4v) is 1.95. The van der Waals surface area contributed by atoms with Crippen LogP contribution in [-0.2, 0) is 0 Å². The van der Waals surface area contributed by atoms with Crippen molar-refractivity contribution in [3.63, 3.8) is 0 Å². The Balaban J connectivity index is 2.06. The minimum Gasteiger partial charge on any atom is -0.491 e. The molecule has 0 saturated carbocycles. The van der Waals surface area contributed by atoms with E-state index in [1.807, 2.05) is 24.3 Å². The molecule has 2 nitrogen and oxygen atoms in total. The van der Waals surface area contributed by atoms with Crippen molar-refractivity contribution in [2.75, 3.05) is 6.61 Å². The Bertz CT molecular complexity index is 433. The third-order valence-electron chi connectivity index (χ3n) is 2.66. The van der Waals surface area contributed by atoms with Crippen molar-refractivity contribution >= 4 is 0 Å². The Morgan fingerprint density at radius 3 is 2.71 bits per heavy atom. The lowest BCUT2D eigenvalue weighted by atomic mass is 10.1. The summed E-state index contributed by atoms with van der Waals surface area (Å²) in [6.07, 6.45) is 4.16. The third kappa shape index (κ3) is 1.04. The van der Waals surface area contributed by atoms with Crippen molar-refractivity contribution in [2.45, 2.75) is 6.04 Å². The van der Waals surface area contributed by atoms with E-state index < -0.39 is 0 Å². The first-order valence-electron chi connectivity index (χ1n) is 4.79. The fourth-order valence-electron chi connectivity index (χ4n) is 1.95. The van der Waals surface area contributed by atoms with Gasteiger partial charge in [0, 0.05) is 18.0 Å². The fraction of sp³-hybridized carbons (Fsp3) is 0.167. The second-order valence-electron chi connectivity index (χ2n) is 3.49. The standard InChI is InChI=1S/C12H11NO/c1-2-6-12-10(5-1)11(9-14-12)13-7-3-4-8-13/h1-8,11H,9H2. The van der Waals surface area contributed by atoms with Crippen LogP contribution in [0.25, 0.3) is 0 Å². The van der Waals surface area contributed by atoms with Crippen LogP contribution in [-0.4, -0.2) is 11.2 Å². The van der Waals surface area contributed by atoms with Gasteiger partial charge < -0.3 is 9.30 Å². The molecule has 0 N–H and O–H groups in total. The van der Waals surface area contributed by atoms with E-state index >= 15 is 0 Å². The summed E-state index contributed by atoms with van der Waals surface area (Å²) >= 11 is 0. The molecule has 1 aromatic heterocycles. The highest BCUT2D eigenvalue weighted by atomic mass is 16.5. The summed E-state index contributed by atoms with van der Waals surface area (Å²) in [5.41, 5.74) is 1.28. The molecule has 0 radical (unpaired) electrons. The van der Waals surface area contributed by atoms with Crippen LogP contribution < -0.4 is 4.74 Å². The maximum Gasteiger partial charge on any atom is 0.124 e. The first-order chi connectivity index (χ1) is 6.95. The average molecular weight is 185 g/mol. The highest BCUT2D eigenvalue weighted by molar-refractivity contribution is 5.39. The van der Waals surface area contributed by atoms with Gasteiger partial charge in [-0.2, -0.15) is 0 Å². The summed E-state index contributed by atoms with van der Waals surface area (Å²) in [4.78, 5) is 0. The Labute approximate surface area is 82.7 Å². The van der Waals surface area contributed by atoms with Crippen molar-refractivity contribution in [3.05, 3.63) is 54.4 Å². The van der Waals surface area contributed by atoms with Gasteiger partial charge in [0.25, 0.3) is 0 Å². The summed E-state index contributed by atoms with van der Waals surface area (Å²) in [5.74, 6) is 1.02. The van der Waals surface area contributed by atoms with E-state index in [0.717, 1.165) is 12.4 Å². The molecule has 2 aromatic rings. The summed E-state index contributed by atoms with van der Waals surface area (Å²) in [5, 5.41) is 0. The number of aromatic nitrogens is 1. The lowest BCUT2D eigenvalue weighted by molar-refractivity contribution is 0.317. The number of hydrogen-bond acceptors (Lipinski definition) is 1. The smallest absolute Gasteiger partial charge is 0.124 e. The predicted octanol–water partition coefficient (Wildman–Crippen LogP) is 2.47. The molecule has 0 saturated heterocycles. The van der Waals surface area contributed by atoms with Crippen LogP contribution >= 0.6 is 0 Å². The monoisotopic (exact) mass is 185 g/mol. The largest absolute Gasteiger partial charge is 0.491 e. The van der Waals surface area contributed by atoms with Crippen LogP contribution in [0.2, 0.25) is 0 Å². The first kappa shape index (κ1) is 7.68. The number of benzene rings is 1. The number of rotatable bonds is 1. The Morgan fingerprint density at radius 1 is 1.07 bits per heavy atom. The number of fused-ring (bicyclic) bond motifs is 1. The number of nitrogens with zero attached hydrogens (tertiary/aromatic N) is 1. The SMILES string of the molecule is c1ccc2c(c1)OCC2n1cccc1. The highest BCUT2D eigenvalue weighted by Crippen LogP contribution is 2.34. The Hall–Kier alpha value is -1.70. The molecular formula is C12H11NO. The van der Waals surface area contributed by atoms with E-state index in [4.69, 9.17) is 4.74 Å². The predicted molar refractivity (Wildman–Crippen MR) is 54.5 cm³/mol. The number of para-hydroxylation sites is 1. The van der Waals surface area contributed by atoms with Crippen LogP contribution in [0.4, 0.5) is 0 Å². The molecule has 2 heterocycles. The van der Waals surface area contributed by atoms with Crippen molar-refractivity contribution < 1.29 is 4.74 Å². The molecule has 0 bridgehead atoms. The zero-order chi connectivity index (χ0) is 9.38. The van der Waals surface area contributed by atoms with E-state index in [2.05, 4.69) is 29.1 Å². The van der Waals surface area contributed by atoms with Crippen molar-refractivity contribution in [3.8, 4) is 5.75 Å². The second kappa shape index (κ2) is 2.91. The molecule has 1 aromatic carbocycles. The van der Waals surface area contributed by atoms with Crippen LogP contribution in [0.1, 0.15) is 11.6 Å². The highest BCUT2D eigenvalue weighted by Gasteiger charge is 2.23. The van der Waals surface area contributed by atoms with Crippen LogP contribution in [0.3, 0.4) is 0 Å². The maximum atomic E-state index is 5.61. The molecule has 0 amide bonds. The van der Waals surface area contributed by atoms with Gasteiger partial charge in [0.2, 0.25) is 0 Å². The van der Waals surface area contributed by atoms with Gasteiger partial charge >= 0.3 is 0 Å². The van der Waals surface area contributed by atoms with Gasteiger partial charge in [0.15, 0.2) is 0 Å². The minimum absolute atomic E-state index is 0.348. The van der Waals surface area contributed by atoms with Crippen LogP contribution in [0.15, 0.2) is 48.8 Å². The molecule has 1 aliphatic rings. The molecule has 2 heteroatoms. The van der Waals surface area contributed by atoms with E-state index in [-0.39, 0.29) is 0 Å².